The molecule has 0 aliphatic carbocycles. The van der Waals surface area contributed by atoms with Gasteiger partial charge >= 0.3 is 0 Å². The number of H-pyrrole nitrogens is 2. The predicted molar refractivity (Wildman–Crippen MR) is 207 cm³/mol. The first-order chi connectivity index (χ1) is 26.0. The van der Waals surface area contributed by atoms with Crippen molar-refractivity contribution < 1.29 is 24.0 Å². The minimum Gasteiger partial charge on any atom is -0.368 e. The van der Waals surface area contributed by atoms with Gasteiger partial charge in [-0.3, -0.25) is 24.0 Å². The van der Waals surface area contributed by atoms with Gasteiger partial charge in [0.2, 0.25) is 29.5 Å². The number of carbonyl (C=O) groups excluding carboxylic acids is 5. The lowest BCUT2D eigenvalue weighted by Crippen LogP contribution is -2.59. The Morgan fingerprint density at radius 1 is 0.778 bits per heavy atom. The molecule has 4 atom stereocenters. The van der Waals surface area contributed by atoms with E-state index < -0.39 is 54.3 Å². The van der Waals surface area contributed by atoms with Crippen molar-refractivity contribution in [2.45, 2.75) is 76.0 Å². The van der Waals surface area contributed by atoms with Crippen LogP contribution in [0.5, 0.6) is 0 Å². The van der Waals surface area contributed by atoms with Crippen molar-refractivity contribution in [1.82, 2.24) is 46.4 Å². The molecule has 0 spiro atoms. The van der Waals surface area contributed by atoms with Gasteiger partial charge in [-0.05, 0) is 63.6 Å². The standard InChI is InChI=1S/C39H54N10O5/c1-4-5-17-42-32(21-28-23-41-25-45-28)38(53)47-33(19-26-12-7-6-8-13-26)39(54)46-31(16-11-18-49(2)3)37(52)48-34(36(51)44-24-35(40)50)20-27-22-43-30-15-10-9-14-29(27)30/h6-10,12-15,22-23,25,31-34,42-43H,4-5,11,16-21,24H2,1-3H3,(H2,40,50)(H,41,45)(H,44,51)(H,46,54)(H,47,53)(H,48,52)/t31-,32-,33+,34-/m0/s1. The number of imidazole rings is 1. The van der Waals surface area contributed by atoms with Gasteiger partial charge in [0.25, 0.3) is 0 Å². The molecule has 15 nitrogen and oxygen atoms in total. The smallest absolute Gasteiger partial charge is 0.243 e. The Morgan fingerprint density at radius 2 is 1.44 bits per heavy atom. The van der Waals surface area contributed by atoms with Gasteiger partial charge < -0.3 is 47.2 Å². The van der Waals surface area contributed by atoms with E-state index in [1.807, 2.05) is 73.6 Å². The van der Waals surface area contributed by atoms with Crippen molar-refractivity contribution in [3.63, 3.8) is 0 Å². The fourth-order valence-corrected chi connectivity index (χ4v) is 6.11. The summed E-state index contributed by atoms with van der Waals surface area (Å²) < 4.78 is 0. The van der Waals surface area contributed by atoms with E-state index in [4.69, 9.17) is 5.73 Å². The molecule has 0 radical (unpaired) electrons. The van der Waals surface area contributed by atoms with E-state index in [-0.39, 0.29) is 25.2 Å². The fourth-order valence-electron chi connectivity index (χ4n) is 6.11. The number of nitrogens with zero attached hydrogens (tertiary/aromatic N) is 2. The lowest BCUT2D eigenvalue weighted by molar-refractivity contribution is -0.134. The quantitative estimate of drug-likeness (QED) is 0.0513. The normalized spacial score (nSPS) is 13.5. The number of unbranched alkanes of at least 4 members (excludes halogenated alkanes) is 1. The molecule has 2 aromatic carbocycles. The van der Waals surface area contributed by atoms with Crippen LogP contribution in [0.4, 0.5) is 0 Å². The molecule has 290 valence electrons. The molecule has 2 aromatic heterocycles. The summed E-state index contributed by atoms with van der Waals surface area (Å²) in [6.45, 7) is 2.91. The van der Waals surface area contributed by atoms with Gasteiger partial charge in [-0.2, -0.15) is 0 Å². The average molecular weight is 743 g/mol. The zero-order chi connectivity index (χ0) is 38.9. The number of primary amides is 1. The summed E-state index contributed by atoms with van der Waals surface area (Å²) >= 11 is 0. The Kier molecular flexibility index (Phi) is 16.2. The molecular weight excluding hydrogens is 688 g/mol. The van der Waals surface area contributed by atoms with E-state index in [9.17, 15) is 24.0 Å². The van der Waals surface area contributed by atoms with Crippen LogP contribution in [0.25, 0.3) is 10.9 Å². The number of aromatic amines is 2. The van der Waals surface area contributed by atoms with Crippen LogP contribution in [0.15, 0.2) is 73.3 Å². The number of rotatable bonds is 23. The molecule has 0 aliphatic heterocycles. The summed E-state index contributed by atoms with van der Waals surface area (Å²) in [6.07, 6.45) is 8.21. The Morgan fingerprint density at radius 3 is 2.13 bits per heavy atom. The molecule has 0 saturated heterocycles. The van der Waals surface area contributed by atoms with E-state index in [0.29, 0.717) is 25.9 Å². The number of benzene rings is 2. The molecule has 5 amide bonds. The highest BCUT2D eigenvalue weighted by Crippen LogP contribution is 2.19. The second-order valence-electron chi connectivity index (χ2n) is 13.7. The summed E-state index contributed by atoms with van der Waals surface area (Å²) in [5.74, 6) is -2.82. The SMILES string of the molecule is CCCCN[C@@H](Cc1cnc[nH]1)C(=O)N[C@H](Cc1ccccc1)C(=O)N[C@@H](CCCN(C)C)C(=O)N[C@@H](Cc1c[nH]c2ccccc12)C(=O)NCC(N)=O. The molecule has 2 heterocycles. The van der Waals surface area contributed by atoms with Crippen LogP contribution >= 0.6 is 0 Å². The van der Waals surface area contributed by atoms with Crippen molar-refractivity contribution in [2.24, 2.45) is 5.73 Å². The van der Waals surface area contributed by atoms with Crippen LogP contribution in [0.1, 0.15) is 49.4 Å². The summed E-state index contributed by atoms with van der Waals surface area (Å²) in [4.78, 5) is 79.4. The van der Waals surface area contributed by atoms with Crippen LogP contribution in [0.2, 0.25) is 0 Å². The van der Waals surface area contributed by atoms with Crippen LogP contribution in [0.3, 0.4) is 0 Å². The van der Waals surface area contributed by atoms with Gasteiger partial charge in [0.1, 0.15) is 18.1 Å². The van der Waals surface area contributed by atoms with Crippen molar-refractivity contribution >= 4 is 40.4 Å². The summed E-state index contributed by atoms with van der Waals surface area (Å²) in [7, 11) is 3.82. The third-order valence-electron chi connectivity index (χ3n) is 9.03. The summed E-state index contributed by atoms with van der Waals surface area (Å²) in [5.41, 5.74) is 8.53. The van der Waals surface area contributed by atoms with E-state index in [0.717, 1.165) is 40.6 Å². The van der Waals surface area contributed by atoms with Crippen LogP contribution < -0.4 is 32.3 Å². The van der Waals surface area contributed by atoms with E-state index in [1.165, 1.54) is 0 Å². The number of para-hydroxylation sites is 1. The Labute approximate surface area is 316 Å². The molecule has 0 aliphatic rings. The zero-order valence-corrected chi connectivity index (χ0v) is 31.3. The molecule has 15 heteroatoms. The molecule has 4 aromatic rings. The third-order valence-corrected chi connectivity index (χ3v) is 9.03. The number of hydrogen-bond donors (Lipinski definition) is 8. The Bertz CT molecular complexity index is 1790. The topological polar surface area (TPSA) is 219 Å². The molecule has 0 saturated carbocycles. The first kappa shape index (κ1) is 41.2. The zero-order valence-electron chi connectivity index (χ0n) is 31.3. The number of hydrogen-bond acceptors (Lipinski definition) is 8. The largest absolute Gasteiger partial charge is 0.368 e. The highest BCUT2D eigenvalue weighted by Gasteiger charge is 2.32. The minimum atomic E-state index is -1.10. The van der Waals surface area contributed by atoms with Crippen LogP contribution in [-0.4, -0.2) is 107 Å². The number of nitrogens with two attached hydrogens (primary N) is 1. The van der Waals surface area contributed by atoms with Gasteiger partial charge in [-0.15, -0.1) is 0 Å². The van der Waals surface area contributed by atoms with Gasteiger partial charge in [0, 0.05) is 48.3 Å². The van der Waals surface area contributed by atoms with Gasteiger partial charge in [-0.1, -0.05) is 61.9 Å². The fraction of sp³-hybridized carbons (Fsp3) is 0.436. The number of fused-ring (bicyclic) bond motifs is 1. The van der Waals surface area contributed by atoms with Crippen molar-refractivity contribution in [3.8, 4) is 0 Å². The maximum atomic E-state index is 14.2. The van der Waals surface area contributed by atoms with Crippen LogP contribution in [-0.2, 0) is 43.2 Å². The highest BCUT2D eigenvalue weighted by atomic mass is 16.2. The summed E-state index contributed by atoms with van der Waals surface area (Å²) in [5, 5.41) is 15.4. The Balaban J connectivity index is 1.58. The summed E-state index contributed by atoms with van der Waals surface area (Å²) in [6, 6.07) is 13.1. The molecule has 0 unspecified atom stereocenters. The Hall–Kier alpha value is -5.54. The molecular formula is C39H54N10O5. The maximum absolute atomic E-state index is 14.2. The first-order valence-corrected chi connectivity index (χ1v) is 18.4. The van der Waals surface area contributed by atoms with E-state index >= 15 is 0 Å². The van der Waals surface area contributed by atoms with Gasteiger partial charge in [0.15, 0.2) is 0 Å². The lowest BCUT2D eigenvalue weighted by atomic mass is 10.0. The maximum Gasteiger partial charge on any atom is 0.243 e. The van der Waals surface area contributed by atoms with Gasteiger partial charge in [-0.25, -0.2) is 4.98 Å². The number of amides is 5. The monoisotopic (exact) mass is 742 g/mol. The number of carbonyl (C=O) groups is 5. The molecule has 0 bridgehead atoms. The number of aromatic nitrogens is 3. The van der Waals surface area contributed by atoms with Crippen molar-refractivity contribution in [3.05, 3.63) is 90.1 Å². The average Bonchev–Trinajstić information content (AvgIpc) is 3.83. The second kappa shape index (κ2) is 21.2. The molecule has 54 heavy (non-hydrogen) atoms. The van der Waals surface area contributed by atoms with Crippen LogP contribution in [0, 0.1) is 0 Å². The van der Waals surface area contributed by atoms with Crippen molar-refractivity contribution in [1.29, 1.82) is 0 Å². The predicted octanol–water partition coefficient (Wildman–Crippen LogP) is 1.07. The number of nitrogens with one attached hydrogen (secondary N) is 7. The lowest BCUT2D eigenvalue weighted by Gasteiger charge is -2.27. The van der Waals surface area contributed by atoms with E-state index in [2.05, 4.69) is 48.5 Å². The molecule has 0 fully saturated rings. The van der Waals surface area contributed by atoms with Crippen molar-refractivity contribution in [2.75, 3.05) is 33.7 Å². The third kappa shape index (κ3) is 13.1. The van der Waals surface area contributed by atoms with Gasteiger partial charge in [0.05, 0.1) is 18.9 Å². The minimum absolute atomic E-state index is 0.105. The highest BCUT2D eigenvalue weighted by molar-refractivity contribution is 5.96. The first-order valence-electron chi connectivity index (χ1n) is 18.4. The molecule has 4 rings (SSSR count). The second-order valence-corrected chi connectivity index (χ2v) is 13.7. The molecule has 9 N–H and O–H groups in total. The van der Waals surface area contributed by atoms with E-state index in [1.54, 1.807) is 18.7 Å².